The normalized spacial score (nSPS) is 11.9. The van der Waals surface area contributed by atoms with Crippen LogP contribution in [0, 0.1) is 0 Å². The van der Waals surface area contributed by atoms with Gasteiger partial charge in [0.2, 0.25) is 0 Å². The van der Waals surface area contributed by atoms with Crippen LogP contribution in [0.1, 0.15) is 24.8 Å². The molecule has 0 amide bonds. The number of aliphatic carboxylic acids is 1. The highest BCUT2D eigenvalue weighted by atomic mass is 16.5. The van der Waals surface area contributed by atoms with E-state index in [0.717, 1.165) is 0 Å². The summed E-state index contributed by atoms with van der Waals surface area (Å²) in [5.41, 5.74) is 0.381. The molecule has 2 N–H and O–H groups in total. The summed E-state index contributed by atoms with van der Waals surface area (Å²) in [5, 5.41) is 18.6. The molecule has 0 spiro atoms. The molecule has 1 atom stereocenters. The van der Waals surface area contributed by atoms with Crippen LogP contribution in [0.4, 0.5) is 0 Å². The molecule has 0 aliphatic heterocycles. The number of benzene rings is 1. The summed E-state index contributed by atoms with van der Waals surface area (Å²) in [7, 11) is 1.40. The first-order valence-corrected chi connectivity index (χ1v) is 5.05. The van der Waals surface area contributed by atoms with E-state index in [-0.39, 0.29) is 23.7 Å². The number of phenolic OH excluding ortho intramolecular Hbond substituents is 1. The van der Waals surface area contributed by atoms with Crippen LogP contribution in [-0.4, -0.2) is 29.1 Å². The fraction of sp³-hybridized carbons (Fsp3) is 0.333. The predicted molar refractivity (Wildman–Crippen MR) is 60.3 cm³/mol. The average Bonchev–Trinajstić information content (AvgIpc) is 2.25. The van der Waals surface area contributed by atoms with E-state index >= 15 is 0 Å². The van der Waals surface area contributed by atoms with Gasteiger partial charge in [-0.05, 0) is 24.6 Å². The number of methoxy groups -OCH3 is 1. The molecule has 0 aliphatic rings. The standard InChI is InChI=1S/C12H14O5/c1-7(13)5-9(12(15)16)8-3-4-11(17-2)10(14)6-8/h3-4,6,9,14H,5H2,1-2H3,(H,15,16). The van der Waals surface area contributed by atoms with Crippen LogP contribution in [-0.2, 0) is 9.59 Å². The number of carbonyl (C=O) groups is 2. The molecule has 92 valence electrons. The average molecular weight is 238 g/mol. The third-order valence-electron chi connectivity index (χ3n) is 2.39. The molecular formula is C12H14O5. The third-order valence-corrected chi connectivity index (χ3v) is 2.39. The number of hydrogen-bond donors (Lipinski definition) is 2. The molecule has 0 aromatic heterocycles. The van der Waals surface area contributed by atoms with Crippen molar-refractivity contribution in [1.29, 1.82) is 0 Å². The van der Waals surface area contributed by atoms with E-state index < -0.39 is 11.9 Å². The van der Waals surface area contributed by atoms with Gasteiger partial charge in [0, 0.05) is 6.42 Å². The quantitative estimate of drug-likeness (QED) is 0.813. The summed E-state index contributed by atoms with van der Waals surface area (Å²) in [4.78, 5) is 22.0. The number of ketones is 1. The van der Waals surface area contributed by atoms with Crippen LogP contribution in [0.15, 0.2) is 18.2 Å². The van der Waals surface area contributed by atoms with Gasteiger partial charge in [0.15, 0.2) is 11.5 Å². The van der Waals surface area contributed by atoms with Crippen molar-refractivity contribution >= 4 is 11.8 Å². The van der Waals surface area contributed by atoms with Crippen molar-refractivity contribution in [3.63, 3.8) is 0 Å². The summed E-state index contributed by atoms with van der Waals surface area (Å²) in [6.45, 7) is 1.33. The van der Waals surface area contributed by atoms with Gasteiger partial charge in [-0.25, -0.2) is 0 Å². The first kappa shape index (κ1) is 13.0. The lowest BCUT2D eigenvalue weighted by Crippen LogP contribution is -2.14. The Bertz CT molecular complexity index is 439. The van der Waals surface area contributed by atoms with Crippen molar-refractivity contribution in [1.82, 2.24) is 0 Å². The van der Waals surface area contributed by atoms with Gasteiger partial charge >= 0.3 is 5.97 Å². The lowest BCUT2D eigenvalue weighted by atomic mass is 9.94. The number of Topliss-reactive ketones (excluding diaryl/α,β-unsaturated/α-hetero) is 1. The van der Waals surface area contributed by atoms with E-state index in [9.17, 15) is 14.7 Å². The van der Waals surface area contributed by atoms with Gasteiger partial charge in [0.1, 0.15) is 5.78 Å². The molecule has 0 fully saturated rings. The number of carboxylic acids is 1. The Morgan fingerprint density at radius 2 is 2.06 bits per heavy atom. The lowest BCUT2D eigenvalue weighted by molar-refractivity contribution is -0.140. The zero-order chi connectivity index (χ0) is 13.0. The Labute approximate surface area is 98.6 Å². The van der Waals surface area contributed by atoms with Crippen LogP contribution in [0.25, 0.3) is 0 Å². The Hall–Kier alpha value is -2.04. The Morgan fingerprint density at radius 3 is 2.47 bits per heavy atom. The largest absolute Gasteiger partial charge is 0.504 e. The number of carbonyl (C=O) groups excluding carboxylic acids is 1. The molecule has 1 unspecified atom stereocenters. The predicted octanol–water partition coefficient (Wildman–Crippen LogP) is 1.55. The maximum atomic E-state index is 11.0. The molecule has 17 heavy (non-hydrogen) atoms. The lowest BCUT2D eigenvalue weighted by Gasteiger charge is -2.12. The van der Waals surface area contributed by atoms with Gasteiger partial charge in [-0.2, -0.15) is 0 Å². The number of hydrogen-bond acceptors (Lipinski definition) is 4. The molecular weight excluding hydrogens is 224 g/mol. The zero-order valence-corrected chi connectivity index (χ0v) is 9.64. The molecule has 1 aromatic carbocycles. The van der Waals surface area contributed by atoms with Crippen LogP contribution in [0.5, 0.6) is 11.5 Å². The molecule has 0 saturated heterocycles. The highest BCUT2D eigenvalue weighted by Crippen LogP contribution is 2.31. The number of aromatic hydroxyl groups is 1. The topological polar surface area (TPSA) is 83.8 Å². The van der Waals surface area contributed by atoms with Gasteiger partial charge < -0.3 is 14.9 Å². The summed E-state index contributed by atoms with van der Waals surface area (Å²) >= 11 is 0. The molecule has 0 bridgehead atoms. The minimum atomic E-state index is -1.09. The number of phenols is 1. The fourth-order valence-corrected chi connectivity index (χ4v) is 1.56. The van der Waals surface area contributed by atoms with E-state index in [0.29, 0.717) is 5.56 Å². The summed E-state index contributed by atoms with van der Waals surface area (Å²) in [6.07, 6.45) is -0.0961. The van der Waals surface area contributed by atoms with Crippen LogP contribution < -0.4 is 4.74 Å². The Morgan fingerprint density at radius 1 is 1.41 bits per heavy atom. The van der Waals surface area contributed by atoms with Gasteiger partial charge in [-0.15, -0.1) is 0 Å². The summed E-state index contributed by atoms with van der Waals surface area (Å²) in [6, 6.07) is 4.31. The number of ether oxygens (including phenoxy) is 1. The highest BCUT2D eigenvalue weighted by Gasteiger charge is 2.22. The van der Waals surface area contributed by atoms with E-state index in [1.165, 1.54) is 32.2 Å². The fourth-order valence-electron chi connectivity index (χ4n) is 1.56. The van der Waals surface area contributed by atoms with Crippen molar-refractivity contribution in [2.45, 2.75) is 19.3 Å². The van der Waals surface area contributed by atoms with E-state index in [1.807, 2.05) is 0 Å². The molecule has 5 nitrogen and oxygen atoms in total. The van der Waals surface area contributed by atoms with Crippen LogP contribution in [0.2, 0.25) is 0 Å². The second-order valence-electron chi connectivity index (χ2n) is 3.73. The molecule has 0 heterocycles. The maximum Gasteiger partial charge on any atom is 0.311 e. The Kier molecular flexibility index (Phi) is 4.09. The van der Waals surface area contributed by atoms with Crippen molar-refractivity contribution < 1.29 is 24.5 Å². The summed E-state index contributed by atoms with van der Waals surface area (Å²) in [5.74, 6) is -2.12. The monoisotopic (exact) mass is 238 g/mol. The van der Waals surface area contributed by atoms with Crippen molar-refractivity contribution in [2.24, 2.45) is 0 Å². The van der Waals surface area contributed by atoms with Gasteiger partial charge in [0.25, 0.3) is 0 Å². The van der Waals surface area contributed by atoms with Crippen LogP contribution >= 0.6 is 0 Å². The van der Waals surface area contributed by atoms with Gasteiger partial charge in [-0.3, -0.25) is 9.59 Å². The summed E-state index contributed by atoms with van der Waals surface area (Å²) < 4.78 is 4.86. The molecule has 0 saturated carbocycles. The van der Waals surface area contributed by atoms with Crippen LogP contribution in [0.3, 0.4) is 0 Å². The first-order chi connectivity index (χ1) is 7.95. The van der Waals surface area contributed by atoms with E-state index in [4.69, 9.17) is 9.84 Å². The molecule has 0 aliphatic carbocycles. The van der Waals surface area contributed by atoms with Gasteiger partial charge in [-0.1, -0.05) is 6.07 Å². The number of carboxylic acid groups (broad SMARTS) is 1. The van der Waals surface area contributed by atoms with Crippen molar-refractivity contribution in [3.05, 3.63) is 23.8 Å². The first-order valence-electron chi connectivity index (χ1n) is 5.05. The Balaban J connectivity index is 3.06. The van der Waals surface area contributed by atoms with Gasteiger partial charge in [0.05, 0.1) is 13.0 Å². The maximum absolute atomic E-state index is 11.0. The SMILES string of the molecule is COc1ccc(C(CC(C)=O)C(=O)O)cc1O. The second-order valence-corrected chi connectivity index (χ2v) is 3.73. The number of rotatable bonds is 5. The van der Waals surface area contributed by atoms with E-state index in [2.05, 4.69) is 0 Å². The molecule has 1 rings (SSSR count). The molecule has 5 heteroatoms. The molecule has 1 aromatic rings. The third kappa shape index (κ3) is 3.21. The highest BCUT2D eigenvalue weighted by molar-refractivity contribution is 5.85. The smallest absolute Gasteiger partial charge is 0.311 e. The second kappa shape index (κ2) is 5.34. The minimum Gasteiger partial charge on any atom is -0.504 e. The van der Waals surface area contributed by atoms with E-state index in [1.54, 1.807) is 0 Å². The van der Waals surface area contributed by atoms with Crippen molar-refractivity contribution in [3.8, 4) is 11.5 Å². The minimum absolute atomic E-state index is 0.0961. The van der Waals surface area contributed by atoms with Crippen molar-refractivity contribution in [2.75, 3.05) is 7.11 Å². The molecule has 0 radical (unpaired) electrons. The zero-order valence-electron chi connectivity index (χ0n) is 9.64.